The summed E-state index contributed by atoms with van der Waals surface area (Å²) in [5, 5.41) is 0. The van der Waals surface area contributed by atoms with Crippen LogP contribution >= 0.6 is 0 Å². The molecule has 0 aromatic heterocycles. The summed E-state index contributed by atoms with van der Waals surface area (Å²) in [5.74, 6) is 0. The fourth-order valence-corrected chi connectivity index (χ4v) is 2.77. The molecule has 0 saturated heterocycles. The van der Waals surface area contributed by atoms with Crippen LogP contribution < -0.4 is 29.7 Å². The maximum atomic E-state index is 3.36. The van der Waals surface area contributed by atoms with Crippen molar-refractivity contribution in [3.8, 4) is 11.1 Å². The average Bonchev–Trinajstić information content (AvgIpc) is 3.26. The molecule has 1 aliphatic carbocycles. The second kappa shape index (κ2) is 15.0. The fraction of sp³-hybridized carbons (Fsp3) is 0.217. The van der Waals surface area contributed by atoms with Gasteiger partial charge in [-0.15, -0.1) is 17.2 Å². The van der Waals surface area contributed by atoms with Crippen LogP contribution in [0.5, 0.6) is 0 Å². The molecule has 144 valence electrons. The van der Waals surface area contributed by atoms with Gasteiger partial charge in [0.1, 0.15) is 0 Å². The van der Waals surface area contributed by atoms with Gasteiger partial charge in [0.25, 0.3) is 0 Å². The van der Waals surface area contributed by atoms with E-state index < -0.39 is 0 Å². The van der Waals surface area contributed by atoms with Crippen LogP contribution in [-0.4, -0.2) is 14.1 Å². The molecule has 0 spiro atoms. The molecule has 0 amide bonds. The van der Waals surface area contributed by atoms with Crippen molar-refractivity contribution in [1.82, 2.24) is 0 Å². The summed E-state index contributed by atoms with van der Waals surface area (Å²) in [6, 6.07) is 26.2. The molecule has 1 nitrogen and oxygen atoms in total. The Hall–Kier alpha value is -0.947. The van der Waals surface area contributed by atoms with E-state index in [1.165, 1.54) is 27.9 Å². The summed E-state index contributed by atoms with van der Waals surface area (Å²) < 4.78 is 0. The Bertz CT molecular complexity index is 723. The van der Waals surface area contributed by atoms with Gasteiger partial charge in [0.05, 0.1) is 0 Å². The Morgan fingerprint density at radius 1 is 0.963 bits per heavy atom. The quantitative estimate of drug-likeness (QED) is 0.342. The van der Waals surface area contributed by atoms with E-state index in [2.05, 4.69) is 55.4 Å². The molecule has 27 heavy (non-hydrogen) atoms. The van der Waals surface area contributed by atoms with E-state index in [0.717, 1.165) is 6.42 Å². The first kappa shape index (κ1) is 28.3. The summed E-state index contributed by atoms with van der Waals surface area (Å²) in [7, 11) is 4.19. The van der Waals surface area contributed by atoms with Gasteiger partial charge in [-0.05, 0) is 6.42 Å². The largest absolute Gasteiger partial charge is 2.00 e. The molecular formula is C23H26Cl2NZr-3. The van der Waals surface area contributed by atoms with E-state index in [9.17, 15) is 0 Å². The minimum atomic E-state index is 0. The summed E-state index contributed by atoms with van der Waals surface area (Å²) in [4.78, 5) is 2.18. The summed E-state index contributed by atoms with van der Waals surface area (Å²) in [6.07, 6.45) is 3.02. The van der Waals surface area contributed by atoms with Crippen molar-refractivity contribution in [3.63, 3.8) is 0 Å². The van der Waals surface area contributed by atoms with Crippen LogP contribution in [0.2, 0.25) is 0 Å². The monoisotopic (exact) mass is 476 g/mol. The second-order valence-corrected chi connectivity index (χ2v) is 5.98. The normalized spacial score (nSPS) is 9.33. The van der Waals surface area contributed by atoms with Crippen LogP contribution in [0.4, 0.5) is 5.69 Å². The fourth-order valence-electron chi connectivity index (χ4n) is 2.77. The number of hydrogen-bond acceptors (Lipinski definition) is 1. The van der Waals surface area contributed by atoms with Gasteiger partial charge in [0.15, 0.2) is 0 Å². The van der Waals surface area contributed by atoms with Gasteiger partial charge < -0.3 is 36.1 Å². The zero-order valence-corrected chi connectivity index (χ0v) is 20.3. The molecule has 3 aromatic carbocycles. The van der Waals surface area contributed by atoms with E-state index in [4.69, 9.17) is 0 Å². The van der Waals surface area contributed by atoms with Crippen LogP contribution in [0.15, 0.2) is 66.7 Å². The first-order chi connectivity index (χ1) is 11.7. The van der Waals surface area contributed by atoms with Crippen molar-refractivity contribution in [2.24, 2.45) is 0 Å². The first-order valence-corrected chi connectivity index (χ1v) is 8.38. The Morgan fingerprint density at radius 3 is 2.07 bits per heavy atom. The Balaban J connectivity index is 0. The maximum absolute atomic E-state index is 3.36. The number of anilines is 1. The van der Waals surface area contributed by atoms with Crippen LogP contribution in [0.1, 0.15) is 25.0 Å². The number of nitrogens with zero attached hydrogens (tertiary/aromatic N) is 1. The van der Waals surface area contributed by atoms with Crippen molar-refractivity contribution in [1.29, 1.82) is 0 Å². The molecule has 0 aliphatic heterocycles. The van der Waals surface area contributed by atoms with E-state index >= 15 is 0 Å². The molecule has 0 fully saturated rings. The molecule has 0 heterocycles. The Labute approximate surface area is 196 Å². The predicted molar refractivity (Wildman–Crippen MR) is 106 cm³/mol. The molecule has 0 N–H and O–H groups in total. The zero-order valence-electron chi connectivity index (χ0n) is 16.3. The number of rotatable bonds is 1. The molecule has 0 bridgehead atoms. The van der Waals surface area contributed by atoms with Crippen LogP contribution in [0.25, 0.3) is 11.1 Å². The minimum absolute atomic E-state index is 0. The molecule has 0 saturated carbocycles. The topological polar surface area (TPSA) is 3.24 Å². The second-order valence-electron chi connectivity index (χ2n) is 5.98. The van der Waals surface area contributed by atoms with Crippen LogP contribution in [0, 0.1) is 12.5 Å². The van der Waals surface area contributed by atoms with Crippen LogP contribution in [0.3, 0.4) is 0 Å². The summed E-state index contributed by atoms with van der Waals surface area (Å²) in [6.45, 7) is 4.00. The summed E-state index contributed by atoms with van der Waals surface area (Å²) in [5.41, 5.74) is 6.77. The number of hydrogen-bond donors (Lipinski definition) is 0. The molecule has 0 unspecified atom stereocenters. The molecule has 0 radical (unpaired) electrons. The third kappa shape index (κ3) is 7.90. The van der Waals surface area contributed by atoms with Gasteiger partial charge in [-0.1, -0.05) is 41.1 Å². The Morgan fingerprint density at radius 2 is 1.56 bits per heavy atom. The maximum Gasteiger partial charge on any atom is 2.00 e. The van der Waals surface area contributed by atoms with Crippen molar-refractivity contribution in [3.05, 3.63) is 90.3 Å². The Kier molecular flexibility index (Phi) is 15.7. The van der Waals surface area contributed by atoms with Gasteiger partial charge in [0.2, 0.25) is 0 Å². The average molecular weight is 479 g/mol. The molecule has 4 rings (SSSR count). The summed E-state index contributed by atoms with van der Waals surface area (Å²) >= 11 is 0. The number of fused-ring (bicyclic) bond motifs is 3. The van der Waals surface area contributed by atoms with Gasteiger partial charge in [0, 0.05) is 14.1 Å². The van der Waals surface area contributed by atoms with Crippen molar-refractivity contribution < 1.29 is 51.0 Å². The van der Waals surface area contributed by atoms with Gasteiger partial charge in [-0.2, -0.15) is 44.2 Å². The molecule has 0 atom stereocenters. The molecule has 4 heteroatoms. The van der Waals surface area contributed by atoms with Crippen molar-refractivity contribution >= 4 is 5.69 Å². The van der Waals surface area contributed by atoms with Crippen LogP contribution in [-0.2, 0) is 32.6 Å². The van der Waals surface area contributed by atoms with E-state index in [-0.39, 0.29) is 51.0 Å². The van der Waals surface area contributed by atoms with Crippen molar-refractivity contribution in [2.45, 2.75) is 20.3 Å². The third-order valence-corrected chi connectivity index (χ3v) is 3.75. The predicted octanol–water partition coefficient (Wildman–Crippen LogP) is -0.235. The standard InChI is InChI=1S/C15H14N.C5H5.C3H7.2ClH.Zr/c1-16(2)14-9-5-7-12-10-11-6-3-4-8-13(11)15(12)14;1-2-4-5-3-1;1-3-2;;;/h3-6,8-9H,10H2,1-2H3;1-5H;3H,1-2H3;2*1H;/q3*-1;;;+2/p-2. The third-order valence-electron chi connectivity index (χ3n) is 3.75. The number of halogens is 2. The SMILES string of the molecule is CN(C)c1cc[c-]c2c1-c1ccccc1C2.C[CH-]C.[Cl-].[Cl-].[Zr+2].c1cc[cH-]c1. The molecule has 3 aromatic rings. The minimum Gasteiger partial charge on any atom is -1.00 e. The zero-order chi connectivity index (χ0) is 17.4. The van der Waals surface area contributed by atoms with Gasteiger partial charge in [-0.25, -0.2) is 12.1 Å². The first-order valence-electron chi connectivity index (χ1n) is 8.38. The molecule has 1 aliphatic rings. The number of benzene rings is 2. The van der Waals surface area contributed by atoms with E-state index in [1.807, 2.05) is 56.7 Å². The van der Waals surface area contributed by atoms with Crippen molar-refractivity contribution in [2.75, 3.05) is 19.0 Å². The van der Waals surface area contributed by atoms with E-state index in [1.54, 1.807) is 0 Å². The van der Waals surface area contributed by atoms with Gasteiger partial charge >= 0.3 is 26.2 Å². The van der Waals surface area contributed by atoms with E-state index in [0.29, 0.717) is 0 Å². The molecular weight excluding hydrogens is 452 g/mol. The smallest absolute Gasteiger partial charge is 1.00 e. The van der Waals surface area contributed by atoms with Gasteiger partial charge in [-0.3, -0.25) is 0 Å².